The minimum atomic E-state index is -4.72. The van der Waals surface area contributed by atoms with E-state index in [0.717, 1.165) is 5.56 Å². The second-order valence-electron chi connectivity index (χ2n) is 3.95. The Balaban J connectivity index is 2.01. The van der Waals surface area contributed by atoms with Crippen LogP contribution in [0.4, 0.5) is 13.2 Å². The zero-order chi connectivity index (χ0) is 14.8. The van der Waals surface area contributed by atoms with Crippen molar-refractivity contribution >= 4 is 15.9 Å². The largest absolute Gasteiger partial charge is 0.573 e. The second kappa shape index (κ2) is 5.74. The van der Waals surface area contributed by atoms with Gasteiger partial charge in [-0.3, -0.25) is 4.68 Å². The van der Waals surface area contributed by atoms with Crippen LogP contribution in [0.25, 0.3) is 0 Å². The quantitative estimate of drug-likeness (QED) is 0.844. The Labute approximate surface area is 121 Å². The van der Waals surface area contributed by atoms with Crippen molar-refractivity contribution in [2.75, 3.05) is 0 Å². The molecule has 0 atom stereocenters. The van der Waals surface area contributed by atoms with Gasteiger partial charge in [-0.25, -0.2) is 0 Å². The van der Waals surface area contributed by atoms with Gasteiger partial charge in [0.2, 0.25) is 0 Å². The topological polar surface area (TPSA) is 36.3 Å². The van der Waals surface area contributed by atoms with Crippen molar-refractivity contribution in [1.82, 2.24) is 9.78 Å². The summed E-state index contributed by atoms with van der Waals surface area (Å²) in [6.45, 7) is 0.278. The summed E-state index contributed by atoms with van der Waals surface area (Å²) in [5.41, 5.74) is 0.860. The average Bonchev–Trinajstić information content (AvgIpc) is 2.74. The van der Waals surface area contributed by atoms with E-state index in [1.807, 2.05) is 0 Å². The number of alkyl halides is 3. The third kappa shape index (κ3) is 4.16. The predicted molar refractivity (Wildman–Crippen MR) is 68.4 cm³/mol. The monoisotopic (exact) mass is 350 g/mol. The molecule has 1 heterocycles. The Hall–Kier alpha value is -1.70. The molecule has 1 aromatic heterocycles. The van der Waals surface area contributed by atoms with Gasteiger partial charge < -0.3 is 9.47 Å². The molecule has 0 amide bonds. The first-order chi connectivity index (χ1) is 9.33. The predicted octanol–water partition coefficient (Wildman–Crippen LogP) is 3.66. The van der Waals surface area contributed by atoms with Crippen LogP contribution in [0.1, 0.15) is 5.56 Å². The van der Waals surface area contributed by atoms with Crippen molar-refractivity contribution < 1.29 is 22.6 Å². The zero-order valence-electron chi connectivity index (χ0n) is 10.3. The van der Waals surface area contributed by atoms with Gasteiger partial charge >= 0.3 is 6.36 Å². The molecule has 20 heavy (non-hydrogen) atoms. The summed E-state index contributed by atoms with van der Waals surface area (Å²) in [7, 11) is 1.78. The van der Waals surface area contributed by atoms with E-state index >= 15 is 0 Å². The minimum Gasteiger partial charge on any atom is -0.489 e. The molecular formula is C12H10BrF3N2O2. The van der Waals surface area contributed by atoms with Gasteiger partial charge in [-0.1, -0.05) is 0 Å². The molecule has 108 valence electrons. The third-order valence-corrected chi connectivity index (χ3v) is 2.91. The fourth-order valence-electron chi connectivity index (χ4n) is 1.49. The Morgan fingerprint density at radius 3 is 2.65 bits per heavy atom. The van der Waals surface area contributed by atoms with Gasteiger partial charge in [0, 0.05) is 18.8 Å². The van der Waals surface area contributed by atoms with Crippen LogP contribution in [0.5, 0.6) is 11.5 Å². The number of aromatic nitrogens is 2. The molecule has 1 aromatic carbocycles. The Kier molecular flexibility index (Phi) is 4.22. The van der Waals surface area contributed by atoms with Crippen LogP contribution in [-0.2, 0) is 13.7 Å². The molecular weight excluding hydrogens is 341 g/mol. The lowest BCUT2D eigenvalue weighted by molar-refractivity contribution is -0.274. The molecule has 0 spiro atoms. The standard InChI is InChI=1S/C12H10BrF3N2O2/c1-18-6-8(5-17-18)7-19-9-2-3-11(10(13)4-9)20-12(14,15)16/h2-6H,7H2,1H3. The first-order valence-electron chi connectivity index (χ1n) is 5.49. The molecule has 4 nitrogen and oxygen atoms in total. The third-order valence-electron chi connectivity index (χ3n) is 2.29. The molecule has 0 unspecified atom stereocenters. The molecule has 2 rings (SSSR count). The van der Waals surface area contributed by atoms with Gasteiger partial charge in [0.1, 0.15) is 18.1 Å². The highest BCUT2D eigenvalue weighted by atomic mass is 79.9. The van der Waals surface area contributed by atoms with Crippen LogP contribution in [-0.4, -0.2) is 16.1 Å². The summed E-state index contributed by atoms with van der Waals surface area (Å²) in [6, 6.07) is 4.01. The number of hydrogen-bond donors (Lipinski definition) is 0. The van der Waals surface area contributed by atoms with E-state index in [9.17, 15) is 13.2 Å². The highest BCUT2D eigenvalue weighted by Crippen LogP contribution is 2.33. The molecule has 2 aromatic rings. The van der Waals surface area contributed by atoms with Crippen LogP contribution < -0.4 is 9.47 Å². The van der Waals surface area contributed by atoms with Gasteiger partial charge in [0.15, 0.2) is 0 Å². The molecule has 0 radical (unpaired) electrons. The summed E-state index contributed by atoms with van der Waals surface area (Å²) in [4.78, 5) is 0. The smallest absolute Gasteiger partial charge is 0.489 e. The Morgan fingerprint density at radius 1 is 1.35 bits per heavy atom. The SMILES string of the molecule is Cn1cc(COc2ccc(OC(F)(F)F)c(Br)c2)cn1. The molecule has 8 heteroatoms. The van der Waals surface area contributed by atoms with E-state index in [1.54, 1.807) is 24.1 Å². The van der Waals surface area contributed by atoms with Crippen molar-refractivity contribution in [3.8, 4) is 11.5 Å². The first-order valence-corrected chi connectivity index (χ1v) is 6.28. The summed E-state index contributed by atoms with van der Waals surface area (Å²) >= 11 is 3.01. The van der Waals surface area contributed by atoms with E-state index in [4.69, 9.17) is 4.74 Å². The van der Waals surface area contributed by atoms with E-state index in [2.05, 4.69) is 25.8 Å². The first kappa shape index (κ1) is 14.7. The lowest BCUT2D eigenvalue weighted by Gasteiger charge is -2.12. The fourth-order valence-corrected chi connectivity index (χ4v) is 1.93. The van der Waals surface area contributed by atoms with Crippen LogP contribution >= 0.6 is 15.9 Å². The van der Waals surface area contributed by atoms with E-state index in [1.165, 1.54) is 18.2 Å². The average molecular weight is 351 g/mol. The number of rotatable bonds is 4. The molecule has 0 bridgehead atoms. The van der Waals surface area contributed by atoms with Gasteiger partial charge in [-0.15, -0.1) is 13.2 Å². The van der Waals surface area contributed by atoms with Crippen LogP contribution in [0.2, 0.25) is 0 Å². The number of aryl methyl sites for hydroxylation is 1. The maximum Gasteiger partial charge on any atom is 0.573 e. The van der Waals surface area contributed by atoms with Gasteiger partial charge in [-0.2, -0.15) is 5.10 Å². The fraction of sp³-hybridized carbons (Fsp3) is 0.250. The normalized spacial score (nSPS) is 11.4. The van der Waals surface area contributed by atoms with Crippen LogP contribution in [0.15, 0.2) is 35.1 Å². The summed E-state index contributed by atoms with van der Waals surface area (Å²) in [6.07, 6.45) is -1.28. The molecule has 0 aliphatic carbocycles. The second-order valence-corrected chi connectivity index (χ2v) is 4.81. The summed E-state index contributed by atoms with van der Waals surface area (Å²) in [5, 5.41) is 3.98. The van der Waals surface area contributed by atoms with Crippen molar-refractivity contribution in [1.29, 1.82) is 0 Å². The van der Waals surface area contributed by atoms with E-state index in [0.29, 0.717) is 5.75 Å². The molecule has 0 N–H and O–H groups in total. The number of hydrogen-bond acceptors (Lipinski definition) is 3. The van der Waals surface area contributed by atoms with Gasteiger partial charge in [-0.05, 0) is 34.1 Å². The van der Waals surface area contributed by atoms with Crippen LogP contribution in [0, 0.1) is 0 Å². The molecule has 0 fully saturated rings. The zero-order valence-corrected chi connectivity index (χ0v) is 11.9. The van der Waals surface area contributed by atoms with Crippen molar-refractivity contribution in [3.63, 3.8) is 0 Å². The van der Waals surface area contributed by atoms with E-state index in [-0.39, 0.29) is 16.8 Å². The minimum absolute atomic E-state index is 0.165. The van der Waals surface area contributed by atoms with Crippen molar-refractivity contribution in [2.45, 2.75) is 13.0 Å². The van der Waals surface area contributed by atoms with Gasteiger partial charge in [0.25, 0.3) is 0 Å². The number of nitrogens with zero attached hydrogens (tertiary/aromatic N) is 2. The van der Waals surface area contributed by atoms with E-state index < -0.39 is 6.36 Å². The number of ether oxygens (including phenoxy) is 2. The highest BCUT2D eigenvalue weighted by Gasteiger charge is 2.31. The highest BCUT2D eigenvalue weighted by molar-refractivity contribution is 9.10. The van der Waals surface area contributed by atoms with Crippen molar-refractivity contribution in [3.05, 3.63) is 40.6 Å². The summed E-state index contributed by atoms with van der Waals surface area (Å²) in [5.74, 6) is 0.112. The van der Waals surface area contributed by atoms with Crippen molar-refractivity contribution in [2.24, 2.45) is 7.05 Å². The van der Waals surface area contributed by atoms with Crippen LogP contribution in [0.3, 0.4) is 0 Å². The molecule has 0 saturated carbocycles. The van der Waals surface area contributed by atoms with Gasteiger partial charge in [0.05, 0.1) is 10.7 Å². The Morgan fingerprint density at radius 2 is 2.10 bits per heavy atom. The number of benzene rings is 1. The molecule has 0 aliphatic rings. The molecule has 0 saturated heterocycles. The lowest BCUT2D eigenvalue weighted by Crippen LogP contribution is -2.17. The summed E-state index contributed by atoms with van der Waals surface area (Å²) < 4.78 is 47.4. The lowest BCUT2D eigenvalue weighted by atomic mass is 10.3. The maximum atomic E-state index is 12.1. The Bertz CT molecular complexity index is 599. The molecule has 0 aliphatic heterocycles. The number of halogens is 4. The maximum absolute atomic E-state index is 12.1.